The maximum absolute atomic E-state index is 9.74. The first-order valence-corrected chi connectivity index (χ1v) is 16.0. The standard InChI is InChI=1S/C44H20N8/c1-48-32-17-15-30(16-18-32)40-41(29-13-11-26(23-45)12-14-29)52-44-39-35-9-5-6-10-37(35)50-42(36(39)22-38(49-2)43(44)51-40)34-8-4-3-7-33(34)31-20-27(24-46)19-28(21-31)25-47/h3-22H. The van der Waals surface area contributed by atoms with Gasteiger partial charge in [0.1, 0.15) is 0 Å². The van der Waals surface area contributed by atoms with Crippen molar-refractivity contribution in [1.29, 1.82) is 15.8 Å². The van der Waals surface area contributed by atoms with E-state index < -0.39 is 0 Å². The highest BCUT2D eigenvalue weighted by Crippen LogP contribution is 2.44. The van der Waals surface area contributed by atoms with Gasteiger partial charge in [0.05, 0.1) is 81.7 Å². The minimum absolute atomic E-state index is 0.287. The molecule has 2 aromatic heterocycles. The molecule has 0 saturated carbocycles. The van der Waals surface area contributed by atoms with E-state index in [1.807, 2.05) is 78.9 Å². The molecular weight excluding hydrogens is 641 g/mol. The zero-order valence-corrected chi connectivity index (χ0v) is 27.1. The number of benzene rings is 6. The largest absolute Gasteiger partial charge is 0.255 e. The van der Waals surface area contributed by atoms with E-state index in [0.717, 1.165) is 33.0 Å². The number of para-hydroxylation sites is 1. The van der Waals surface area contributed by atoms with Crippen molar-refractivity contribution in [2.45, 2.75) is 0 Å². The van der Waals surface area contributed by atoms with Crippen LogP contribution in [0.25, 0.3) is 87.3 Å². The average Bonchev–Trinajstić information content (AvgIpc) is 3.22. The Morgan fingerprint density at radius 1 is 0.481 bits per heavy atom. The van der Waals surface area contributed by atoms with Gasteiger partial charge in [0.2, 0.25) is 5.69 Å². The maximum atomic E-state index is 9.74. The SMILES string of the molecule is [C-]#[N+]c1ccc(-c2nc3c([N+]#[C-])cc4c(-c5ccccc5-c5cc(C#N)cc(C#N)c5)nc5ccccc5c4c3nc2-c2ccc(C#N)cc2)cc1. The number of nitrogens with zero attached hydrogens (tertiary/aromatic N) is 8. The van der Waals surface area contributed by atoms with Crippen LogP contribution in [0, 0.1) is 47.1 Å². The Morgan fingerprint density at radius 3 is 1.71 bits per heavy atom. The molecule has 0 N–H and O–H groups in total. The predicted octanol–water partition coefficient (Wildman–Crippen LogP) is 10.7. The number of rotatable bonds is 4. The van der Waals surface area contributed by atoms with Crippen molar-refractivity contribution in [1.82, 2.24) is 15.0 Å². The van der Waals surface area contributed by atoms with Gasteiger partial charge in [-0.25, -0.2) is 19.7 Å². The van der Waals surface area contributed by atoms with Gasteiger partial charge in [-0.15, -0.1) is 0 Å². The van der Waals surface area contributed by atoms with E-state index in [4.69, 9.17) is 28.1 Å². The summed E-state index contributed by atoms with van der Waals surface area (Å²) in [6.45, 7) is 15.7. The molecule has 6 aromatic carbocycles. The summed E-state index contributed by atoms with van der Waals surface area (Å²) in [5.41, 5.74) is 9.02. The summed E-state index contributed by atoms with van der Waals surface area (Å²) in [4.78, 5) is 23.1. The molecule has 0 unspecified atom stereocenters. The summed E-state index contributed by atoms with van der Waals surface area (Å²) < 4.78 is 0. The Labute approximate surface area is 298 Å². The van der Waals surface area contributed by atoms with E-state index in [-0.39, 0.29) is 5.69 Å². The highest BCUT2D eigenvalue weighted by Gasteiger charge is 2.22. The van der Waals surface area contributed by atoms with Crippen molar-refractivity contribution in [2.24, 2.45) is 0 Å². The van der Waals surface area contributed by atoms with Crippen LogP contribution in [-0.2, 0) is 0 Å². The molecule has 8 rings (SSSR count). The van der Waals surface area contributed by atoms with E-state index in [9.17, 15) is 15.8 Å². The maximum Gasteiger partial charge on any atom is 0.215 e. The van der Waals surface area contributed by atoms with Crippen molar-refractivity contribution < 1.29 is 0 Å². The summed E-state index contributed by atoms with van der Waals surface area (Å²) in [6, 6.07) is 43.0. The fourth-order valence-electron chi connectivity index (χ4n) is 6.56. The summed E-state index contributed by atoms with van der Waals surface area (Å²) in [5.74, 6) is 0. The van der Waals surface area contributed by atoms with Crippen molar-refractivity contribution in [3.63, 3.8) is 0 Å². The molecule has 236 valence electrons. The van der Waals surface area contributed by atoms with Crippen molar-refractivity contribution in [2.75, 3.05) is 0 Å². The lowest BCUT2D eigenvalue weighted by molar-refractivity contribution is 1.30. The van der Waals surface area contributed by atoms with Gasteiger partial charge in [-0.3, -0.25) is 4.98 Å². The number of hydrogen-bond donors (Lipinski definition) is 0. The van der Waals surface area contributed by atoms with Crippen LogP contribution in [0.3, 0.4) is 0 Å². The van der Waals surface area contributed by atoms with Gasteiger partial charge in [0, 0.05) is 27.3 Å². The average molecular weight is 661 g/mol. The topological polar surface area (TPSA) is 119 Å². The number of fused-ring (bicyclic) bond motifs is 5. The number of nitriles is 3. The summed E-state index contributed by atoms with van der Waals surface area (Å²) >= 11 is 0. The second-order valence-corrected chi connectivity index (χ2v) is 11.9. The van der Waals surface area contributed by atoms with Crippen molar-refractivity contribution in [3.05, 3.63) is 161 Å². The lowest BCUT2D eigenvalue weighted by Gasteiger charge is -2.17. The number of aromatic nitrogens is 3. The predicted molar refractivity (Wildman–Crippen MR) is 201 cm³/mol. The van der Waals surface area contributed by atoms with Gasteiger partial charge in [-0.05, 0) is 59.2 Å². The molecule has 0 aliphatic rings. The van der Waals surface area contributed by atoms with Gasteiger partial charge >= 0.3 is 0 Å². The molecule has 0 radical (unpaired) electrons. The molecule has 0 bridgehead atoms. The van der Waals surface area contributed by atoms with Gasteiger partial charge < -0.3 is 0 Å². The third-order valence-corrected chi connectivity index (χ3v) is 8.95. The molecule has 2 heterocycles. The van der Waals surface area contributed by atoms with Gasteiger partial charge in [-0.1, -0.05) is 78.9 Å². The van der Waals surface area contributed by atoms with Crippen molar-refractivity contribution in [3.8, 4) is 63.1 Å². The van der Waals surface area contributed by atoms with E-state index in [2.05, 4.69) is 27.9 Å². The molecule has 8 nitrogen and oxygen atoms in total. The van der Waals surface area contributed by atoms with Crippen LogP contribution < -0.4 is 0 Å². The summed E-state index contributed by atoms with van der Waals surface area (Å²) in [6.07, 6.45) is 0. The van der Waals surface area contributed by atoms with Crippen LogP contribution in [0.1, 0.15) is 16.7 Å². The summed E-state index contributed by atoms with van der Waals surface area (Å²) in [5, 5.41) is 31.3. The molecule has 0 aliphatic heterocycles. The van der Waals surface area contributed by atoms with Crippen LogP contribution in [0.4, 0.5) is 11.4 Å². The Kier molecular flexibility index (Phi) is 7.57. The minimum Gasteiger partial charge on any atom is -0.255 e. The Hall–Kier alpha value is -8.22. The molecule has 0 saturated heterocycles. The van der Waals surface area contributed by atoms with E-state index in [1.165, 1.54) is 0 Å². The normalized spacial score (nSPS) is 10.6. The molecular formula is C44H20N8. The third kappa shape index (κ3) is 5.18. The van der Waals surface area contributed by atoms with Crippen LogP contribution in [0.2, 0.25) is 0 Å². The molecule has 8 heteroatoms. The van der Waals surface area contributed by atoms with E-state index in [1.54, 1.807) is 42.5 Å². The Balaban J connectivity index is 1.51. The number of pyridine rings is 1. The second-order valence-electron chi connectivity index (χ2n) is 11.9. The minimum atomic E-state index is 0.287. The molecule has 0 spiro atoms. The van der Waals surface area contributed by atoms with Crippen LogP contribution in [0.5, 0.6) is 0 Å². The lowest BCUT2D eigenvalue weighted by Crippen LogP contribution is -1.99. The van der Waals surface area contributed by atoms with Gasteiger partial charge in [0.15, 0.2) is 5.69 Å². The smallest absolute Gasteiger partial charge is 0.215 e. The summed E-state index contributed by atoms with van der Waals surface area (Å²) in [7, 11) is 0. The molecule has 52 heavy (non-hydrogen) atoms. The Bertz CT molecular complexity index is 2970. The Morgan fingerprint density at radius 2 is 1.08 bits per heavy atom. The van der Waals surface area contributed by atoms with E-state index >= 15 is 0 Å². The van der Waals surface area contributed by atoms with Crippen LogP contribution in [-0.4, -0.2) is 15.0 Å². The van der Waals surface area contributed by atoms with Crippen LogP contribution in [0.15, 0.2) is 121 Å². The first-order chi connectivity index (χ1) is 25.5. The third-order valence-electron chi connectivity index (χ3n) is 8.95. The van der Waals surface area contributed by atoms with Crippen LogP contribution >= 0.6 is 0 Å². The molecule has 0 fully saturated rings. The fourth-order valence-corrected chi connectivity index (χ4v) is 6.56. The zero-order chi connectivity index (χ0) is 35.8. The quantitative estimate of drug-likeness (QED) is 0.137. The first-order valence-electron chi connectivity index (χ1n) is 16.0. The second kappa shape index (κ2) is 12.7. The highest BCUT2D eigenvalue weighted by molar-refractivity contribution is 6.24. The van der Waals surface area contributed by atoms with Crippen molar-refractivity contribution >= 4 is 44.1 Å². The lowest BCUT2D eigenvalue weighted by atomic mass is 9.91. The molecule has 0 atom stereocenters. The fraction of sp³-hybridized carbons (Fsp3) is 0. The molecule has 0 amide bonds. The van der Waals surface area contributed by atoms with Gasteiger partial charge in [-0.2, -0.15) is 15.8 Å². The monoisotopic (exact) mass is 660 g/mol. The first kappa shape index (κ1) is 31.1. The number of hydrogen-bond acceptors (Lipinski definition) is 6. The molecule has 0 aliphatic carbocycles. The van der Waals surface area contributed by atoms with Gasteiger partial charge in [0.25, 0.3) is 0 Å². The van der Waals surface area contributed by atoms with E-state index in [0.29, 0.717) is 67.0 Å². The zero-order valence-electron chi connectivity index (χ0n) is 27.1. The molecule has 8 aromatic rings. The highest BCUT2D eigenvalue weighted by atomic mass is 14.9.